The van der Waals surface area contributed by atoms with Gasteiger partial charge in [-0.25, -0.2) is 9.37 Å². The summed E-state index contributed by atoms with van der Waals surface area (Å²) in [7, 11) is 1.42. The highest BCUT2D eigenvalue weighted by atomic mass is 32.1. The molecular formula is C20H19FN2O2S. The van der Waals surface area contributed by atoms with Gasteiger partial charge in [-0.15, -0.1) is 11.3 Å². The number of carbonyl (C=O) groups excluding carboxylic acids is 1. The van der Waals surface area contributed by atoms with Crippen molar-refractivity contribution in [3.05, 3.63) is 65.3 Å². The van der Waals surface area contributed by atoms with E-state index >= 15 is 0 Å². The van der Waals surface area contributed by atoms with Crippen LogP contribution in [0.15, 0.2) is 53.9 Å². The molecule has 1 heterocycles. The normalized spacial score (nSPS) is 11.2. The van der Waals surface area contributed by atoms with Gasteiger partial charge in [-0.3, -0.25) is 4.79 Å². The van der Waals surface area contributed by atoms with Crippen LogP contribution in [0.2, 0.25) is 0 Å². The van der Waals surface area contributed by atoms with Gasteiger partial charge < -0.3 is 10.1 Å². The van der Waals surface area contributed by atoms with Crippen molar-refractivity contribution < 1.29 is 13.9 Å². The van der Waals surface area contributed by atoms with E-state index in [1.807, 2.05) is 44.2 Å². The Morgan fingerprint density at radius 2 is 1.92 bits per heavy atom. The van der Waals surface area contributed by atoms with Crippen LogP contribution in [-0.4, -0.2) is 18.0 Å². The summed E-state index contributed by atoms with van der Waals surface area (Å²) < 4.78 is 18.8. The molecule has 134 valence electrons. The Morgan fingerprint density at radius 1 is 1.19 bits per heavy atom. The lowest BCUT2D eigenvalue weighted by Gasteiger charge is -2.23. The topological polar surface area (TPSA) is 51.2 Å². The number of carbonyl (C=O) groups is 1. The number of hydrogen-bond donors (Lipinski definition) is 1. The third kappa shape index (κ3) is 3.60. The molecule has 0 fully saturated rings. The minimum absolute atomic E-state index is 0.148. The summed E-state index contributed by atoms with van der Waals surface area (Å²) in [5, 5.41) is 5.12. The second kappa shape index (κ2) is 7.25. The van der Waals surface area contributed by atoms with Gasteiger partial charge in [0.2, 0.25) is 5.91 Å². The van der Waals surface area contributed by atoms with Crippen LogP contribution in [0.5, 0.6) is 5.75 Å². The predicted molar refractivity (Wildman–Crippen MR) is 102 cm³/mol. The summed E-state index contributed by atoms with van der Waals surface area (Å²) in [5.41, 5.74) is 1.46. The van der Waals surface area contributed by atoms with Crippen LogP contribution in [0.1, 0.15) is 19.4 Å². The minimum atomic E-state index is -0.695. The van der Waals surface area contributed by atoms with Crippen molar-refractivity contribution >= 4 is 22.4 Å². The highest BCUT2D eigenvalue weighted by molar-refractivity contribution is 7.14. The Bertz CT molecular complexity index is 923. The number of benzene rings is 2. The summed E-state index contributed by atoms with van der Waals surface area (Å²) in [4.78, 5) is 17.1. The highest BCUT2D eigenvalue weighted by Crippen LogP contribution is 2.30. The average molecular weight is 370 g/mol. The molecule has 0 atom stereocenters. The first-order valence-electron chi connectivity index (χ1n) is 8.08. The summed E-state index contributed by atoms with van der Waals surface area (Å²) in [6.07, 6.45) is 0. The summed E-state index contributed by atoms with van der Waals surface area (Å²) in [6.45, 7) is 3.73. The number of anilines is 1. The van der Waals surface area contributed by atoms with Crippen LogP contribution in [0.4, 0.5) is 9.52 Å². The molecule has 0 aliphatic rings. The van der Waals surface area contributed by atoms with Crippen molar-refractivity contribution in [3.63, 3.8) is 0 Å². The lowest BCUT2D eigenvalue weighted by atomic mass is 9.84. The first-order chi connectivity index (χ1) is 12.4. The molecule has 3 rings (SSSR count). The van der Waals surface area contributed by atoms with E-state index in [0.717, 1.165) is 5.56 Å². The summed E-state index contributed by atoms with van der Waals surface area (Å²) in [5.74, 6) is -0.415. The molecule has 0 saturated heterocycles. The maximum atomic E-state index is 13.9. The number of nitrogens with one attached hydrogen (secondary N) is 1. The second-order valence-electron chi connectivity index (χ2n) is 6.33. The number of aromatic nitrogens is 1. The molecule has 1 amide bonds. The van der Waals surface area contributed by atoms with Crippen molar-refractivity contribution in [2.24, 2.45) is 0 Å². The Kier molecular flexibility index (Phi) is 5.04. The van der Waals surface area contributed by atoms with Crippen molar-refractivity contribution in [1.82, 2.24) is 4.98 Å². The van der Waals surface area contributed by atoms with Crippen LogP contribution >= 0.6 is 11.3 Å². The lowest BCUT2D eigenvalue weighted by Crippen LogP contribution is -2.34. The molecule has 0 unspecified atom stereocenters. The second-order valence-corrected chi connectivity index (χ2v) is 7.19. The van der Waals surface area contributed by atoms with Gasteiger partial charge in [0.05, 0.1) is 18.2 Å². The number of rotatable bonds is 5. The fourth-order valence-corrected chi connectivity index (χ4v) is 3.24. The zero-order valence-corrected chi connectivity index (χ0v) is 15.6. The number of methoxy groups -OCH3 is 1. The molecule has 3 aromatic rings. The third-order valence-electron chi connectivity index (χ3n) is 4.24. The van der Waals surface area contributed by atoms with Crippen LogP contribution < -0.4 is 10.1 Å². The monoisotopic (exact) mass is 370 g/mol. The largest absolute Gasteiger partial charge is 0.494 e. The SMILES string of the molecule is COc1ccc(-c2csc(NC(=O)C(C)(C)c3ccccc3)n2)cc1F. The van der Waals surface area contributed by atoms with Crippen molar-refractivity contribution in [3.8, 4) is 17.0 Å². The van der Waals surface area contributed by atoms with Crippen molar-refractivity contribution in [2.75, 3.05) is 12.4 Å². The van der Waals surface area contributed by atoms with Gasteiger partial charge in [0, 0.05) is 10.9 Å². The minimum Gasteiger partial charge on any atom is -0.494 e. The van der Waals surface area contributed by atoms with E-state index in [-0.39, 0.29) is 11.7 Å². The first kappa shape index (κ1) is 18.1. The molecule has 0 aliphatic carbocycles. The summed E-state index contributed by atoms with van der Waals surface area (Å²) in [6, 6.07) is 14.2. The standard InChI is InChI=1S/C20H19FN2O2S/c1-20(2,14-7-5-4-6-8-14)18(24)23-19-22-16(12-26-19)13-9-10-17(25-3)15(21)11-13/h4-12H,1-3H3,(H,22,23,24). The maximum absolute atomic E-state index is 13.9. The van der Waals surface area contributed by atoms with Gasteiger partial charge in [-0.1, -0.05) is 30.3 Å². The highest BCUT2D eigenvalue weighted by Gasteiger charge is 2.30. The molecule has 1 aromatic heterocycles. The Morgan fingerprint density at radius 3 is 2.58 bits per heavy atom. The zero-order valence-electron chi connectivity index (χ0n) is 14.7. The van der Waals surface area contributed by atoms with E-state index < -0.39 is 11.2 Å². The average Bonchev–Trinajstić information content (AvgIpc) is 3.11. The van der Waals surface area contributed by atoms with Gasteiger partial charge in [0.15, 0.2) is 16.7 Å². The van der Waals surface area contributed by atoms with E-state index in [1.54, 1.807) is 17.5 Å². The van der Waals surface area contributed by atoms with Crippen molar-refractivity contribution in [2.45, 2.75) is 19.3 Å². The molecule has 6 heteroatoms. The molecule has 4 nitrogen and oxygen atoms in total. The quantitative estimate of drug-likeness (QED) is 0.697. The van der Waals surface area contributed by atoms with Gasteiger partial charge in [-0.2, -0.15) is 0 Å². The number of thiazole rings is 1. The number of hydrogen-bond acceptors (Lipinski definition) is 4. The van der Waals surface area contributed by atoms with Crippen LogP contribution in [-0.2, 0) is 10.2 Å². The van der Waals surface area contributed by atoms with Gasteiger partial charge in [-0.05, 0) is 37.6 Å². The molecule has 2 aromatic carbocycles. The van der Waals surface area contributed by atoms with Crippen LogP contribution in [0.3, 0.4) is 0 Å². The molecular weight excluding hydrogens is 351 g/mol. The Balaban J connectivity index is 1.78. The number of halogens is 1. The van der Waals surface area contributed by atoms with Gasteiger partial charge in [0.25, 0.3) is 0 Å². The molecule has 0 bridgehead atoms. The third-order valence-corrected chi connectivity index (χ3v) is 4.99. The maximum Gasteiger partial charge on any atom is 0.236 e. The fraction of sp³-hybridized carbons (Fsp3) is 0.200. The van der Waals surface area contributed by atoms with E-state index in [1.165, 1.54) is 24.5 Å². The molecule has 0 aliphatic heterocycles. The predicted octanol–water partition coefficient (Wildman–Crippen LogP) is 4.87. The van der Waals surface area contributed by atoms with Crippen LogP contribution in [0.25, 0.3) is 11.3 Å². The smallest absolute Gasteiger partial charge is 0.236 e. The van der Waals surface area contributed by atoms with E-state index in [9.17, 15) is 9.18 Å². The van der Waals surface area contributed by atoms with E-state index in [0.29, 0.717) is 16.4 Å². The summed E-state index contributed by atoms with van der Waals surface area (Å²) >= 11 is 1.30. The molecule has 1 N–H and O–H groups in total. The Hall–Kier alpha value is -2.73. The lowest BCUT2D eigenvalue weighted by molar-refractivity contribution is -0.120. The van der Waals surface area contributed by atoms with E-state index in [4.69, 9.17) is 4.74 Å². The Labute approximate surface area is 155 Å². The molecule has 0 saturated carbocycles. The number of ether oxygens (including phenoxy) is 1. The van der Waals surface area contributed by atoms with Gasteiger partial charge >= 0.3 is 0 Å². The number of nitrogens with zero attached hydrogens (tertiary/aromatic N) is 1. The fourth-order valence-electron chi connectivity index (χ4n) is 2.53. The van der Waals surface area contributed by atoms with Gasteiger partial charge in [0.1, 0.15) is 0 Å². The zero-order chi connectivity index (χ0) is 18.7. The molecule has 0 radical (unpaired) electrons. The molecule has 26 heavy (non-hydrogen) atoms. The van der Waals surface area contributed by atoms with E-state index in [2.05, 4.69) is 10.3 Å². The molecule has 0 spiro atoms. The first-order valence-corrected chi connectivity index (χ1v) is 8.96. The van der Waals surface area contributed by atoms with Crippen LogP contribution in [0, 0.1) is 5.82 Å². The van der Waals surface area contributed by atoms with Crippen molar-refractivity contribution in [1.29, 1.82) is 0 Å². The number of amides is 1.